The molecule has 7 heteroatoms. The molecule has 1 rings (SSSR count). The minimum atomic E-state index is 0.301. The molecule has 1 N–H and O–H groups in total. The fourth-order valence-corrected chi connectivity index (χ4v) is 1.70. The van der Waals surface area contributed by atoms with Gasteiger partial charge < -0.3 is 10.2 Å². The molecule has 0 unspecified atom stereocenters. The van der Waals surface area contributed by atoms with Crippen molar-refractivity contribution in [3.8, 4) is 0 Å². The van der Waals surface area contributed by atoms with E-state index in [1.807, 2.05) is 0 Å². The Morgan fingerprint density at radius 1 is 0.923 bits per heavy atom. The van der Waals surface area contributed by atoms with Gasteiger partial charge >= 0.3 is 0 Å². The number of nitrogens with zero attached hydrogens (tertiary/aromatic N) is 1. The molecule has 0 bridgehead atoms. The second-order valence-corrected chi connectivity index (χ2v) is 5.55. The van der Waals surface area contributed by atoms with Crippen LogP contribution in [0, 0.1) is 0 Å². The van der Waals surface area contributed by atoms with E-state index in [1.165, 1.54) is 13.1 Å². The second-order valence-electron chi connectivity index (χ2n) is 5.55. The lowest BCUT2D eigenvalue weighted by Gasteiger charge is -2.50. The molecule has 0 saturated carbocycles. The normalized spacial score (nSPS) is 21.5. The molecule has 1 saturated heterocycles. The van der Waals surface area contributed by atoms with Gasteiger partial charge in [0.1, 0.15) is 15.7 Å². The standard InChI is InChI=1S/C6H19B5N2/c7-5(8,9)6(10,11)13-3-1-12-2-4-13/h12H,1-4,7-11H2. The van der Waals surface area contributed by atoms with Gasteiger partial charge in [-0.05, 0) is 0 Å². The van der Waals surface area contributed by atoms with Gasteiger partial charge in [-0.1, -0.05) is 5.34 Å². The van der Waals surface area contributed by atoms with Gasteiger partial charge in [-0.25, -0.2) is 0 Å². The van der Waals surface area contributed by atoms with Crippen LogP contribution in [0.25, 0.3) is 0 Å². The van der Waals surface area contributed by atoms with Crippen LogP contribution in [0.3, 0.4) is 0 Å². The fraction of sp³-hybridized carbons (Fsp3) is 1.00. The molecule has 0 atom stereocenters. The molecular weight excluding hydrogens is 154 g/mol. The van der Waals surface area contributed by atoms with Crippen LogP contribution in [-0.2, 0) is 0 Å². The Labute approximate surface area is 86.6 Å². The average Bonchev–Trinajstić information content (AvgIpc) is 2.04. The van der Waals surface area contributed by atoms with Crippen LogP contribution in [0.15, 0.2) is 0 Å². The molecule has 0 radical (unpaired) electrons. The summed E-state index contributed by atoms with van der Waals surface area (Å²) in [6, 6.07) is 0. The van der Waals surface area contributed by atoms with Crippen LogP contribution in [0.5, 0.6) is 0 Å². The topological polar surface area (TPSA) is 15.3 Å². The second kappa shape index (κ2) is 3.78. The minimum absolute atomic E-state index is 0.301. The van der Waals surface area contributed by atoms with Crippen LogP contribution in [0.1, 0.15) is 0 Å². The molecule has 13 heavy (non-hydrogen) atoms. The zero-order valence-corrected chi connectivity index (χ0v) is 9.78. The van der Waals surface area contributed by atoms with E-state index in [0.29, 0.717) is 10.5 Å². The predicted molar refractivity (Wildman–Crippen MR) is 72.6 cm³/mol. The van der Waals surface area contributed by atoms with Crippen LogP contribution in [-0.4, -0.2) is 75.6 Å². The van der Waals surface area contributed by atoms with Crippen LogP contribution in [0.4, 0.5) is 0 Å². The number of nitrogens with one attached hydrogen (secondary N) is 1. The SMILES string of the molecule is BC(B)(B)C(B)(B)N1CCNCC1. The Hall–Kier alpha value is 0.245. The summed E-state index contributed by atoms with van der Waals surface area (Å²) in [5.41, 5.74) is 0. The van der Waals surface area contributed by atoms with Gasteiger partial charge in [0.2, 0.25) is 0 Å². The lowest BCUT2D eigenvalue weighted by Crippen LogP contribution is -2.63. The summed E-state index contributed by atoms with van der Waals surface area (Å²) in [5.74, 6) is 0. The first-order valence-corrected chi connectivity index (χ1v) is 5.31. The summed E-state index contributed by atoms with van der Waals surface area (Å²) in [4.78, 5) is 2.60. The molecule has 68 valence electrons. The molecule has 1 aliphatic rings. The summed E-state index contributed by atoms with van der Waals surface area (Å²) in [5, 5.41) is 4.05. The molecule has 0 spiro atoms. The zero-order chi connectivity index (χ0) is 10.1. The third-order valence-corrected chi connectivity index (χ3v) is 3.74. The quantitative estimate of drug-likeness (QED) is 0.420. The van der Waals surface area contributed by atoms with Crippen molar-refractivity contribution < 1.29 is 0 Å². The first kappa shape index (κ1) is 11.3. The van der Waals surface area contributed by atoms with Crippen molar-refractivity contribution >= 4 is 39.2 Å². The Morgan fingerprint density at radius 2 is 1.38 bits per heavy atom. The summed E-state index contributed by atoms with van der Waals surface area (Å²) >= 11 is 0. The highest BCUT2D eigenvalue weighted by atomic mass is 15.2. The monoisotopic (exact) mass is 174 g/mol. The van der Waals surface area contributed by atoms with Crippen LogP contribution < -0.4 is 5.32 Å². The summed E-state index contributed by atoms with van der Waals surface area (Å²) in [6.07, 6.45) is 0. The van der Waals surface area contributed by atoms with E-state index in [2.05, 4.69) is 49.4 Å². The third-order valence-electron chi connectivity index (χ3n) is 3.74. The summed E-state index contributed by atoms with van der Waals surface area (Å²) in [7, 11) is 11.7. The highest BCUT2D eigenvalue weighted by Gasteiger charge is 2.37. The molecule has 0 aromatic carbocycles. The lowest BCUT2D eigenvalue weighted by molar-refractivity contribution is 0.195. The van der Waals surface area contributed by atoms with Crippen molar-refractivity contribution in [2.24, 2.45) is 0 Å². The van der Waals surface area contributed by atoms with Crippen molar-refractivity contribution in [3.05, 3.63) is 0 Å². The molecule has 0 aromatic rings. The van der Waals surface area contributed by atoms with Crippen LogP contribution in [0.2, 0.25) is 5.11 Å². The molecule has 0 aliphatic carbocycles. The maximum Gasteiger partial charge on any atom is 0.115 e. The molecular formula is C6H19B5N2. The van der Waals surface area contributed by atoms with Crippen molar-refractivity contribution in [1.82, 2.24) is 10.2 Å². The van der Waals surface area contributed by atoms with Crippen molar-refractivity contribution in [1.29, 1.82) is 0 Å². The van der Waals surface area contributed by atoms with Gasteiger partial charge in [-0.3, -0.25) is 0 Å². The van der Waals surface area contributed by atoms with E-state index in [0.717, 1.165) is 13.1 Å². The molecule has 1 heterocycles. The molecule has 1 fully saturated rings. The average molecular weight is 173 g/mol. The minimum Gasteiger partial charge on any atom is -0.314 e. The Bertz CT molecular complexity index is 172. The fourth-order valence-electron chi connectivity index (χ4n) is 1.70. The van der Waals surface area contributed by atoms with Crippen LogP contribution >= 0.6 is 0 Å². The largest absolute Gasteiger partial charge is 0.314 e. The summed E-state index contributed by atoms with van der Waals surface area (Å²) < 4.78 is 0. The van der Waals surface area contributed by atoms with E-state index >= 15 is 0 Å². The Balaban J connectivity index is 2.67. The van der Waals surface area contributed by atoms with E-state index in [1.54, 1.807) is 0 Å². The third kappa shape index (κ3) is 2.38. The van der Waals surface area contributed by atoms with E-state index in [9.17, 15) is 0 Å². The Kier molecular flexibility index (Phi) is 3.29. The predicted octanol–water partition coefficient (Wildman–Crippen LogP) is -5.22. The first-order chi connectivity index (χ1) is 5.86. The number of rotatable bonds is 2. The maximum absolute atomic E-state index is 3.40. The molecule has 1 aliphatic heterocycles. The summed E-state index contributed by atoms with van der Waals surface area (Å²) in [6.45, 7) is 4.65. The highest BCUT2D eigenvalue weighted by Crippen LogP contribution is 2.28. The zero-order valence-electron chi connectivity index (χ0n) is 9.78. The number of hydrogen-bond donors (Lipinski definition) is 1. The molecule has 2 nitrogen and oxygen atoms in total. The smallest absolute Gasteiger partial charge is 0.115 e. The van der Waals surface area contributed by atoms with Crippen molar-refractivity contribution in [2.45, 2.75) is 10.5 Å². The lowest BCUT2D eigenvalue weighted by atomic mass is 9.26. The van der Waals surface area contributed by atoms with Gasteiger partial charge in [0, 0.05) is 26.2 Å². The maximum atomic E-state index is 3.40. The van der Waals surface area contributed by atoms with E-state index in [-0.39, 0.29) is 0 Å². The van der Waals surface area contributed by atoms with Gasteiger partial charge in [0.15, 0.2) is 0 Å². The van der Waals surface area contributed by atoms with E-state index < -0.39 is 0 Å². The Morgan fingerprint density at radius 3 is 1.77 bits per heavy atom. The van der Waals surface area contributed by atoms with Gasteiger partial charge in [-0.15, -0.1) is 5.11 Å². The van der Waals surface area contributed by atoms with Crippen molar-refractivity contribution in [3.63, 3.8) is 0 Å². The van der Waals surface area contributed by atoms with Gasteiger partial charge in [0.05, 0.1) is 23.5 Å². The van der Waals surface area contributed by atoms with Gasteiger partial charge in [0.25, 0.3) is 0 Å². The highest BCUT2D eigenvalue weighted by molar-refractivity contribution is 6.67. The number of piperazine rings is 1. The molecule has 0 aromatic heterocycles. The first-order valence-electron chi connectivity index (χ1n) is 5.31. The molecule has 0 amide bonds. The number of hydrogen-bond acceptors (Lipinski definition) is 2. The van der Waals surface area contributed by atoms with Crippen molar-refractivity contribution in [2.75, 3.05) is 26.2 Å². The van der Waals surface area contributed by atoms with Gasteiger partial charge in [-0.2, -0.15) is 0 Å². The van der Waals surface area contributed by atoms with E-state index in [4.69, 9.17) is 0 Å².